The maximum Gasteiger partial charge on any atom is 0.433 e. The standard InChI is InChI=1S/C21H24F3N5O/c1-2-18(30)26-15-6-10-29(20(12-15)7-4-8-20)17-11-16(21(22,23)24)27-19(28-17)14-5-3-9-25-13-14/h3,5,9,11,13,15H,2,4,6-8,10,12H2,1H3,(H,26,30). The number of hydrogen-bond donors (Lipinski definition) is 1. The minimum atomic E-state index is -4.57. The highest BCUT2D eigenvalue weighted by Crippen LogP contribution is 2.47. The number of halogens is 3. The molecule has 2 fully saturated rings. The molecule has 0 aromatic carbocycles. The van der Waals surface area contributed by atoms with Crippen molar-refractivity contribution in [1.82, 2.24) is 20.3 Å². The second-order valence-electron chi connectivity index (χ2n) is 8.01. The van der Waals surface area contributed by atoms with Gasteiger partial charge in [-0.15, -0.1) is 0 Å². The molecule has 1 aliphatic carbocycles. The van der Waals surface area contributed by atoms with Crippen LogP contribution in [0, 0.1) is 0 Å². The average molecular weight is 419 g/mol. The lowest BCUT2D eigenvalue weighted by atomic mass is 9.68. The smallest absolute Gasteiger partial charge is 0.353 e. The van der Waals surface area contributed by atoms with Crippen LogP contribution in [0.15, 0.2) is 30.6 Å². The zero-order chi connectivity index (χ0) is 21.4. The first-order valence-corrected chi connectivity index (χ1v) is 10.2. The van der Waals surface area contributed by atoms with Crippen molar-refractivity contribution < 1.29 is 18.0 Å². The van der Waals surface area contributed by atoms with E-state index in [0.29, 0.717) is 31.4 Å². The van der Waals surface area contributed by atoms with E-state index >= 15 is 0 Å². The predicted octanol–water partition coefficient (Wildman–Crippen LogP) is 3.98. The molecule has 2 aromatic heterocycles. The summed E-state index contributed by atoms with van der Waals surface area (Å²) >= 11 is 0. The highest BCUT2D eigenvalue weighted by molar-refractivity contribution is 5.76. The van der Waals surface area contributed by atoms with Crippen molar-refractivity contribution in [3.8, 4) is 11.4 Å². The third kappa shape index (κ3) is 3.97. The minimum Gasteiger partial charge on any atom is -0.353 e. The molecule has 1 amide bonds. The van der Waals surface area contributed by atoms with Crippen LogP contribution in [0.5, 0.6) is 0 Å². The number of carbonyl (C=O) groups excluding carboxylic acids is 1. The Balaban J connectivity index is 1.70. The summed E-state index contributed by atoms with van der Waals surface area (Å²) in [6, 6.07) is 4.38. The Bertz CT molecular complexity index is 915. The van der Waals surface area contributed by atoms with Gasteiger partial charge < -0.3 is 10.2 Å². The van der Waals surface area contributed by atoms with Crippen LogP contribution in [0.25, 0.3) is 11.4 Å². The molecule has 1 saturated carbocycles. The van der Waals surface area contributed by atoms with Crippen molar-refractivity contribution in [3.05, 3.63) is 36.3 Å². The fraction of sp³-hybridized carbons (Fsp3) is 0.524. The van der Waals surface area contributed by atoms with Gasteiger partial charge in [0, 0.05) is 48.6 Å². The number of nitrogens with one attached hydrogen (secondary N) is 1. The van der Waals surface area contributed by atoms with Gasteiger partial charge in [-0.1, -0.05) is 6.92 Å². The third-order valence-corrected chi connectivity index (χ3v) is 6.07. The number of amides is 1. The monoisotopic (exact) mass is 419 g/mol. The first-order valence-electron chi connectivity index (χ1n) is 10.2. The van der Waals surface area contributed by atoms with Crippen LogP contribution >= 0.6 is 0 Å². The maximum absolute atomic E-state index is 13.6. The number of anilines is 1. The van der Waals surface area contributed by atoms with Gasteiger partial charge in [0.05, 0.1) is 0 Å². The van der Waals surface area contributed by atoms with Crippen LogP contribution in [-0.2, 0) is 11.0 Å². The fourth-order valence-corrected chi connectivity index (χ4v) is 4.40. The lowest BCUT2D eigenvalue weighted by molar-refractivity contribution is -0.141. The van der Waals surface area contributed by atoms with Crippen LogP contribution in [0.4, 0.5) is 19.0 Å². The molecular weight excluding hydrogens is 395 g/mol. The largest absolute Gasteiger partial charge is 0.433 e. The Morgan fingerprint density at radius 2 is 2.13 bits per heavy atom. The van der Waals surface area contributed by atoms with E-state index in [2.05, 4.69) is 20.3 Å². The molecule has 3 heterocycles. The van der Waals surface area contributed by atoms with E-state index in [0.717, 1.165) is 25.3 Å². The van der Waals surface area contributed by atoms with Gasteiger partial charge in [-0.3, -0.25) is 9.78 Å². The number of hydrogen-bond acceptors (Lipinski definition) is 5. The lowest BCUT2D eigenvalue weighted by Crippen LogP contribution is -2.62. The summed E-state index contributed by atoms with van der Waals surface area (Å²) in [5, 5.41) is 3.05. The summed E-state index contributed by atoms with van der Waals surface area (Å²) in [5.41, 5.74) is -0.785. The molecule has 1 saturated heterocycles. The third-order valence-electron chi connectivity index (χ3n) is 6.07. The SMILES string of the molecule is CCC(=O)NC1CCN(c2cc(C(F)(F)F)nc(-c3cccnc3)n2)C2(CCC2)C1. The van der Waals surface area contributed by atoms with E-state index in [1.165, 1.54) is 6.20 Å². The van der Waals surface area contributed by atoms with E-state index in [1.54, 1.807) is 18.3 Å². The van der Waals surface area contributed by atoms with E-state index < -0.39 is 11.9 Å². The lowest BCUT2D eigenvalue weighted by Gasteiger charge is -2.55. The van der Waals surface area contributed by atoms with Crippen molar-refractivity contribution in [1.29, 1.82) is 0 Å². The Labute approximate surface area is 172 Å². The number of piperidine rings is 1. The number of alkyl halides is 3. The van der Waals surface area contributed by atoms with Gasteiger partial charge in [-0.05, 0) is 44.2 Å². The molecule has 6 nitrogen and oxygen atoms in total. The van der Waals surface area contributed by atoms with Crippen molar-refractivity contribution in [3.63, 3.8) is 0 Å². The molecule has 30 heavy (non-hydrogen) atoms. The first-order chi connectivity index (χ1) is 14.3. The van der Waals surface area contributed by atoms with Crippen molar-refractivity contribution in [2.45, 2.75) is 63.2 Å². The summed E-state index contributed by atoms with van der Waals surface area (Å²) in [6.45, 7) is 2.35. The Morgan fingerprint density at radius 1 is 1.33 bits per heavy atom. The Morgan fingerprint density at radius 3 is 2.73 bits per heavy atom. The summed E-state index contributed by atoms with van der Waals surface area (Å²) in [6.07, 6.45) is 3.00. The summed E-state index contributed by atoms with van der Waals surface area (Å²) in [4.78, 5) is 26.1. The number of pyridine rings is 1. The quantitative estimate of drug-likeness (QED) is 0.812. The van der Waals surface area contributed by atoms with Gasteiger partial charge in [0.15, 0.2) is 11.5 Å². The molecule has 1 atom stereocenters. The number of rotatable bonds is 4. The zero-order valence-electron chi connectivity index (χ0n) is 16.7. The Hall–Kier alpha value is -2.71. The van der Waals surface area contributed by atoms with E-state index in [-0.39, 0.29) is 29.1 Å². The van der Waals surface area contributed by atoms with Crippen LogP contribution in [0.2, 0.25) is 0 Å². The molecule has 0 bridgehead atoms. The second-order valence-corrected chi connectivity index (χ2v) is 8.01. The molecule has 1 aliphatic heterocycles. The molecule has 1 spiro atoms. The highest BCUT2D eigenvalue weighted by Gasteiger charge is 2.48. The van der Waals surface area contributed by atoms with Crippen LogP contribution in [0.1, 0.15) is 51.1 Å². The van der Waals surface area contributed by atoms with Crippen LogP contribution < -0.4 is 10.2 Å². The first kappa shape index (κ1) is 20.6. The molecule has 1 unspecified atom stereocenters. The molecule has 1 N–H and O–H groups in total. The fourth-order valence-electron chi connectivity index (χ4n) is 4.40. The Kier molecular flexibility index (Phi) is 5.38. The maximum atomic E-state index is 13.6. The second kappa shape index (κ2) is 7.85. The zero-order valence-corrected chi connectivity index (χ0v) is 16.7. The topological polar surface area (TPSA) is 71.0 Å². The van der Waals surface area contributed by atoms with E-state index in [4.69, 9.17) is 0 Å². The van der Waals surface area contributed by atoms with Gasteiger partial charge in [-0.25, -0.2) is 9.97 Å². The molecule has 160 valence electrons. The molecular formula is C21H24F3N5O. The van der Waals surface area contributed by atoms with E-state index in [9.17, 15) is 18.0 Å². The molecule has 2 aliphatic rings. The van der Waals surface area contributed by atoms with Crippen molar-refractivity contribution in [2.24, 2.45) is 0 Å². The van der Waals surface area contributed by atoms with Crippen molar-refractivity contribution in [2.75, 3.05) is 11.4 Å². The number of carbonyl (C=O) groups is 1. The average Bonchev–Trinajstić information content (AvgIpc) is 2.72. The van der Waals surface area contributed by atoms with Gasteiger partial charge >= 0.3 is 6.18 Å². The highest BCUT2D eigenvalue weighted by atomic mass is 19.4. The summed E-state index contributed by atoms with van der Waals surface area (Å²) < 4.78 is 40.8. The predicted molar refractivity (Wildman–Crippen MR) is 106 cm³/mol. The molecule has 4 rings (SSSR count). The van der Waals surface area contributed by atoms with Crippen molar-refractivity contribution >= 4 is 11.7 Å². The molecule has 0 radical (unpaired) electrons. The number of nitrogens with zero attached hydrogens (tertiary/aromatic N) is 4. The normalized spacial score (nSPS) is 20.7. The molecule has 2 aromatic rings. The van der Waals surface area contributed by atoms with Crippen LogP contribution in [0.3, 0.4) is 0 Å². The van der Waals surface area contributed by atoms with Gasteiger partial charge in [-0.2, -0.15) is 13.2 Å². The van der Waals surface area contributed by atoms with Gasteiger partial charge in [0.2, 0.25) is 5.91 Å². The molecule has 9 heteroatoms. The number of aromatic nitrogens is 3. The van der Waals surface area contributed by atoms with Gasteiger partial charge in [0.1, 0.15) is 5.82 Å². The van der Waals surface area contributed by atoms with E-state index in [1.807, 2.05) is 11.8 Å². The van der Waals surface area contributed by atoms with Gasteiger partial charge in [0.25, 0.3) is 0 Å². The summed E-state index contributed by atoms with van der Waals surface area (Å²) in [7, 11) is 0. The van der Waals surface area contributed by atoms with Crippen LogP contribution in [-0.4, -0.2) is 39.0 Å². The summed E-state index contributed by atoms with van der Waals surface area (Å²) in [5.74, 6) is 0.308. The minimum absolute atomic E-state index is 0.00295.